The van der Waals surface area contributed by atoms with Gasteiger partial charge < -0.3 is 14.9 Å². The molecule has 0 aromatic carbocycles. The molecule has 1 saturated carbocycles. The summed E-state index contributed by atoms with van der Waals surface area (Å²) in [5.74, 6) is 0.959. The van der Waals surface area contributed by atoms with Crippen molar-refractivity contribution in [2.45, 2.75) is 44.4 Å². The molecule has 4 rings (SSSR count). The quantitative estimate of drug-likeness (QED) is 0.872. The first-order valence-corrected chi connectivity index (χ1v) is 9.52. The van der Waals surface area contributed by atoms with Crippen molar-refractivity contribution in [2.24, 2.45) is 11.3 Å². The number of hydrogen-bond acceptors (Lipinski definition) is 4. The molecule has 0 bridgehead atoms. The van der Waals surface area contributed by atoms with Gasteiger partial charge in [-0.25, -0.2) is 4.98 Å². The molecule has 0 radical (unpaired) electrons. The second-order valence-electron chi connectivity index (χ2n) is 8.18. The van der Waals surface area contributed by atoms with Gasteiger partial charge in [-0.15, -0.1) is 0 Å². The number of nitrogens with zero attached hydrogens (tertiary/aromatic N) is 3. The van der Waals surface area contributed by atoms with Crippen molar-refractivity contribution in [3.63, 3.8) is 0 Å². The first-order valence-electron chi connectivity index (χ1n) is 9.52. The minimum atomic E-state index is -4.40. The molecule has 3 aliphatic rings. The number of carbonyl (C=O) groups excluding carboxylic acids is 1. The highest BCUT2D eigenvalue weighted by atomic mass is 19.4. The van der Waals surface area contributed by atoms with Crippen molar-refractivity contribution in [1.82, 2.24) is 9.88 Å². The lowest BCUT2D eigenvalue weighted by Crippen LogP contribution is -2.58. The normalized spacial score (nSPS) is 25.9. The van der Waals surface area contributed by atoms with E-state index in [1.165, 1.54) is 6.20 Å². The zero-order valence-corrected chi connectivity index (χ0v) is 15.1. The average Bonchev–Trinajstić information content (AvgIpc) is 3.43. The predicted molar refractivity (Wildman–Crippen MR) is 93.0 cm³/mol. The molecule has 1 aromatic rings. The third-order valence-electron chi connectivity index (χ3n) is 6.09. The van der Waals surface area contributed by atoms with Gasteiger partial charge in [-0.2, -0.15) is 13.2 Å². The van der Waals surface area contributed by atoms with Crippen LogP contribution in [0.25, 0.3) is 0 Å². The average molecular weight is 383 g/mol. The summed E-state index contributed by atoms with van der Waals surface area (Å²) in [6, 6.07) is 2.03. The highest BCUT2D eigenvalue weighted by Crippen LogP contribution is 2.43. The molecule has 5 nitrogen and oxygen atoms in total. The largest absolute Gasteiger partial charge is 0.416 e. The van der Waals surface area contributed by atoms with Crippen molar-refractivity contribution < 1.29 is 23.1 Å². The van der Waals surface area contributed by atoms with E-state index in [0.29, 0.717) is 50.6 Å². The van der Waals surface area contributed by atoms with Crippen LogP contribution in [0.5, 0.6) is 0 Å². The highest BCUT2D eigenvalue weighted by Gasteiger charge is 2.49. The Hall–Kier alpha value is -1.83. The lowest BCUT2D eigenvalue weighted by molar-refractivity contribution is -0.154. The van der Waals surface area contributed by atoms with Gasteiger partial charge in [0.2, 0.25) is 5.91 Å². The van der Waals surface area contributed by atoms with E-state index in [-0.39, 0.29) is 5.91 Å². The van der Waals surface area contributed by atoms with Gasteiger partial charge in [0.05, 0.1) is 17.1 Å². The topological polar surface area (TPSA) is 56.7 Å². The molecule has 1 unspecified atom stereocenters. The fraction of sp³-hybridized carbons (Fsp3) is 0.684. The minimum absolute atomic E-state index is 0.108. The Balaban J connectivity index is 1.47. The van der Waals surface area contributed by atoms with E-state index in [1.54, 1.807) is 4.90 Å². The number of pyridine rings is 1. The predicted octanol–water partition coefficient (Wildman–Crippen LogP) is 2.69. The summed E-state index contributed by atoms with van der Waals surface area (Å²) in [5, 5.41) is 10.3. The number of hydrogen-bond donors (Lipinski definition) is 1. The number of alkyl halides is 3. The Kier molecular flexibility index (Phi) is 4.56. The standard InChI is InChI=1S/C19H24F3N3O2/c20-19(21,22)14-3-6-23-16(9-14)24-7-4-18(5-8-24)10-15(26)12-25(17(18)27)11-13-1-2-13/h3,6,9,13,15,26H,1-2,4-5,7-8,10-12H2. The van der Waals surface area contributed by atoms with Crippen LogP contribution in [0.2, 0.25) is 0 Å². The van der Waals surface area contributed by atoms with Crippen molar-refractivity contribution in [3.05, 3.63) is 23.9 Å². The van der Waals surface area contributed by atoms with Crippen molar-refractivity contribution in [2.75, 3.05) is 31.1 Å². The molecule has 8 heteroatoms. The Morgan fingerprint density at radius 3 is 2.59 bits per heavy atom. The molecule has 27 heavy (non-hydrogen) atoms. The molecule has 3 fully saturated rings. The van der Waals surface area contributed by atoms with E-state index in [0.717, 1.165) is 31.5 Å². The van der Waals surface area contributed by atoms with E-state index >= 15 is 0 Å². The van der Waals surface area contributed by atoms with Crippen molar-refractivity contribution in [3.8, 4) is 0 Å². The molecule has 2 aliphatic heterocycles. The number of halogens is 3. The van der Waals surface area contributed by atoms with E-state index in [4.69, 9.17) is 0 Å². The van der Waals surface area contributed by atoms with Gasteiger partial charge in [-0.3, -0.25) is 4.79 Å². The second-order valence-corrected chi connectivity index (χ2v) is 8.18. The van der Waals surface area contributed by atoms with Crippen LogP contribution in [0.1, 0.15) is 37.7 Å². The number of rotatable bonds is 3. The van der Waals surface area contributed by atoms with Crippen molar-refractivity contribution in [1.29, 1.82) is 0 Å². The Morgan fingerprint density at radius 1 is 1.26 bits per heavy atom. The van der Waals surface area contributed by atoms with E-state index in [9.17, 15) is 23.1 Å². The van der Waals surface area contributed by atoms with Crippen LogP contribution in [0.3, 0.4) is 0 Å². The lowest BCUT2D eigenvalue weighted by Gasteiger charge is -2.48. The fourth-order valence-electron chi connectivity index (χ4n) is 4.39. The monoisotopic (exact) mass is 383 g/mol. The third-order valence-corrected chi connectivity index (χ3v) is 6.09. The zero-order chi connectivity index (χ0) is 19.2. The Bertz CT molecular complexity index is 710. The number of amides is 1. The summed E-state index contributed by atoms with van der Waals surface area (Å²) < 4.78 is 38.8. The number of likely N-dealkylation sites (tertiary alicyclic amines) is 1. The summed E-state index contributed by atoms with van der Waals surface area (Å²) in [4.78, 5) is 20.8. The van der Waals surface area contributed by atoms with Gasteiger partial charge in [0.1, 0.15) is 5.82 Å². The summed E-state index contributed by atoms with van der Waals surface area (Å²) in [6.07, 6.45) is 0.0289. The molecular weight excluding hydrogens is 359 g/mol. The van der Waals surface area contributed by atoms with E-state index in [1.807, 2.05) is 4.90 Å². The first kappa shape index (κ1) is 18.5. The summed E-state index contributed by atoms with van der Waals surface area (Å²) in [6.45, 7) is 2.04. The smallest absolute Gasteiger partial charge is 0.391 e. The minimum Gasteiger partial charge on any atom is -0.391 e. The van der Waals surface area contributed by atoms with Crippen molar-refractivity contribution >= 4 is 11.7 Å². The lowest BCUT2D eigenvalue weighted by atomic mass is 9.70. The summed E-state index contributed by atoms with van der Waals surface area (Å²) in [7, 11) is 0. The maximum atomic E-state index is 13.1. The maximum absolute atomic E-state index is 13.1. The number of aliphatic hydroxyl groups excluding tert-OH is 1. The molecule has 3 heterocycles. The van der Waals surface area contributed by atoms with E-state index in [2.05, 4.69) is 4.98 Å². The Labute approximate surface area is 156 Å². The molecule has 1 aliphatic carbocycles. The van der Waals surface area contributed by atoms with Crippen LogP contribution in [0.15, 0.2) is 18.3 Å². The number of anilines is 1. The molecule has 148 valence electrons. The van der Waals surface area contributed by atoms with E-state index < -0.39 is 23.3 Å². The number of aliphatic hydroxyl groups is 1. The van der Waals surface area contributed by atoms with Crippen LogP contribution < -0.4 is 4.90 Å². The number of carbonyl (C=O) groups is 1. The zero-order valence-electron chi connectivity index (χ0n) is 15.1. The highest BCUT2D eigenvalue weighted by molar-refractivity contribution is 5.84. The maximum Gasteiger partial charge on any atom is 0.416 e. The van der Waals surface area contributed by atoms with Gasteiger partial charge in [0.25, 0.3) is 0 Å². The molecule has 1 N–H and O–H groups in total. The van der Waals surface area contributed by atoms with Crippen LogP contribution >= 0.6 is 0 Å². The first-order chi connectivity index (χ1) is 12.8. The molecule has 1 spiro atoms. The molecular formula is C19H24F3N3O2. The number of β-amino-alcohol motifs (C(OH)–C–C–N with tert-alkyl or cyclic N) is 1. The van der Waals surface area contributed by atoms with Crippen LogP contribution in [-0.4, -0.2) is 53.2 Å². The molecule has 2 saturated heterocycles. The number of aromatic nitrogens is 1. The van der Waals surface area contributed by atoms with Crippen LogP contribution in [0, 0.1) is 11.3 Å². The van der Waals surface area contributed by atoms with Crippen LogP contribution in [0.4, 0.5) is 19.0 Å². The van der Waals surface area contributed by atoms with Gasteiger partial charge in [0, 0.05) is 32.4 Å². The molecule has 1 amide bonds. The molecule has 1 aromatic heterocycles. The van der Waals surface area contributed by atoms with Gasteiger partial charge in [-0.05, 0) is 50.2 Å². The molecule has 1 atom stereocenters. The SMILES string of the molecule is O=C1N(CC2CC2)CC(O)CC12CCN(c1cc(C(F)(F)F)ccn1)CC2. The van der Waals surface area contributed by atoms with Crippen LogP contribution in [-0.2, 0) is 11.0 Å². The van der Waals surface area contributed by atoms with Gasteiger partial charge >= 0.3 is 6.18 Å². The van der Waals surface area contributed by atoms with Gasteiger partial charge in [-0.1, -0.05) is 0 Å². The summed E-state index contributed by atoms with van der Waals surface area (Å²) >= 11 is 0. The Morgan fingerprint density at radius 2 is 1.96 bits per heavy atom. The third kappa shape index (κ3) is 3.77. The van der Waals surface area contributed by atoms with Gasteiger partial charge in [0.15, 0.2) is 0 Å². The summed E-state index contributed by atoms with van der Waals surface area (Å²) in [5.41, 5.74) is -1.31. The second kappa shape index (κ2) is 6.65. The number of piperidine rings is 2. The fourth-order valence-corrected chi connectivity index (χ4v) is 4.39.